The van der Waals surface area contributed by atoms with E-state index in [0.29, 0.717) is 0 Å². The molecule has 1 heterocycles. The molecular weight excluding hydrogens is 206 g/mol. The highest BCUT2D eigenvalue weighted by Gasteiger charge is 2.34. The lowest BCUT2D eigenvalue weighted by Gasteiger charge is -2.25. The van der Waals surface area contributed by atoms with Crippen molar-refractivity contribution in [2.24, 2.45) is 0 Å². The van der Waals surface area contributed by atoms with Gasteiger partial charge in [0.2, 0.25) is 0 Å². The van der Waals surface area contributed by atoms with E-state index in [-0.39, 0.29) is 17.7 Å². The molecule has 1 aromatic heterocycles. The molecule has 0 N–H and O–H groups in total. The first-order valence-corrected chi connectivity index (χ1v) is 4.60. The van der Waals surface area contributed by atoms with E-state index < -0.39 is 11.4 Å². The second-order valence-electron chi connectivity index (χ2n) is 3.20. The summed E-state index contributed by atoms with van der Waals surface area (Å²) < 4.78 is 0. The third-order valence-electron chi connectivity index (χ3n) is 2.40. The summed E-state index contributed by atoms with van der Waals surface area (Å²) in [4.78, 5) is 14.9. The Morgan fingerprint density at radius 1 is 1.62 bits per heavy atom. The second-order valence-corrected chi connectivity index (χ2v) is 3.20. The zero-order valence-corrected chi connectivity index (χ0v) is 8.60. The van der Waals surface area contributed by atoms with Crippen LogP contribution in [0.1, 0.15) is 24.6 Å². The van der Waals surface area contributed by atoms with Crippen molar-refractivity contribution in [1.82, 2.24) is 4.98 Å². The van der Waals surface area contributed by atoms with Crippen molar-refractivity contribution in [3.8, 4) is 12.1 Å². The topological polar surface area (TPSA) is 101 Å². The summed E-state index contributed by atoms with van der Waals surface area (Å²) >= 11 is 0. The minimum absolute atomic E-state index is 0.0354. The maximum Gasteiger partial charge on any atom is 0.138 e. The van der Waals surface area contributed by atoms with Crippen LogP contribution in [0.15, 0.2) is 18.3 Å². The van der Waals surface area contributed by atoms with Gasteiger partial charge in [-0.05, 0) is 18.6 Å². The molecule has 0 aliphatic rings. The van der Waals surface area contributed by atoms with Crippen LogP contribution >= 0.6 is 0 Å². The number of rotatable bonds is 3. The molecule has 0 aromatic carbocycles. The van der Waals surface area contributed by atoms with Gasteiger partial charge in [0.25, 0.3) is 0 Å². The molecule has 0 aliphatic heterocycles. The Morgan fingerprint density at radius 2 is 2.31 bits per heavy atom. The molecule has 0 spiro atoms. The van der Waals surface area contributed by atoms with Gasteiger partial charge >= 0.3 is 0 Å². The number of hydrogen-bond acceptors (Lipinski definition) is 5. The molecule has 0 radical (unpaired) electrons. The first kappa shape index (κ1) is 11.7. The molecule has 0 saturated heterocycles. The van der Waals surface area contributed by atoms with Crippen LogP contribution < -0.4 is 5.11 Å². The van der Waals surface area contributed by atoms with E-state index in [4.69, 9.17) is 10.5 Å². The largest absolute Gasteiger partial charge is 0.548 e. The maximum atomic E-state index is 11.0. The molecular formula is C11H8N3O2-. The van der Waals surface area contributed by atoms with Crippen LogP contribution in [-0.4, -0.2) is 11.0 Å². The highest BCUT2D eigenvalue weighted by molar-refractivity contribution is 5.82. The molecule has 80 valence electrons. The summed E-state index contributed by atoms with van der Waals surface area (Å²) in [6.07, 6.45) is 1.34. The van der Waals surface area contributed by atoms with Gasteiger partial charge in [0.15, 0.2) is 0 Å². The molecule has 0 fully saturated rings. The minimum Gasteiger partial charge on any atom is -0.548 e. The van der Waals surface area contributed by atoms with Gasteiger partial charge in [0, 0.05) is 6.20 Å². The molecule has 1 aromatic rings. The number of hydrogen-bond donors (Lipinski definition) is 0. The van der Waals surface area contributed by atoms with Gasteiger partial charge in [-0.15, -0.1) is 0 Å². The van der Waals surface area contributed by atoms with E-state index in [1.54, 1.807) is 13.0 Å². The van der Waals surface area contributed by atoms with Gasteiger partial charge in [-0.3, -0.25) is 4.98 Å². The summed E-state index contributed by atoms with van der Waals surface area (Å²) in [7, 11) is 0. The Bertz CT molecular complexity index is 499. The SMILES string of the molecule is CCC(C#N)(C(=O)[O-])c1cc(C#N)ccn1. The summed E-state index contributed by atoms with van der Waals surface area (Å²) in [6.45, 7) is 1.56. The molecule has 1 atom stereocenters. The molecule has 16 heavy (non-hydrogen) atoms. The molecule has 1 rings (SSSR count). The lowest BCUT2D eigenvalue weighted by atomic mass is 9.82. The fourth-order valence-corrected chi connectivity index (χ4v) is 1.35. The number of nitrogens with zero attached hydrogens (tertiary/aromatic N) is 3. The molecule has 0 aliphatic carbocycles. The monoisotopic (exact) mass is 214 g/mol. The summed E-state index contributed by atoms with van der Waals surface area (Å²) in [5.74, 6) is -1.50. The van der Waals surface area contributed by atoms with Crippen molar-refractivity contribution in [3.05, 3.63) is 29.6 Å². The van der Waals surface area contributed by atoms with E-state index in [1.807, 2.05) is 6.07 Å². The van der Waals surface area contributed by atoms with Crippen molar-refractivity contribution in [1.29, 1.82) is 10.5 Å². The standard InChI is InChI=1S/C11H9N3O2/c1-2-11(7-13,10(15)16)9-5-8(6-12)3-4-14-9/h3-5H,2H2,1H3,(H,15,16)/p-1. The van der Waals surface area contributed by atoms with Gasteiger partial charge in [-0.2, -0.15) is 10.5 Å². The predicted octanol–water partition coefficient (Wildman–Crippen LogP) is -0.125. The maximum absolute atomic E-state index is 11.0. The van der Waals surface area contributed by atoms with E-state index in [0.717, 1.165) is 0 Å². The first-order valence-electron chi connectivity index (χ1n) is 4.60. The number of carbonyl (C=O) groups is 1. The number of carboxylic acid groups (broad SMARTS) is 1. The minimum atomic E-state index is -1.78. The van der Waals surface area contributed by atoms with Gasteiger partial charge in [-0.25, -0.2) is 0 Å². The Morgan fingerprint density at radius 3 is 2.75 bits per heavy atom. The zero-order chi connectivity index (χ0) is 12.2. The Labute approximate surface area is 92.6 Å². The smallest absolute Gasteiger partial charge is 0.138 e. The molecule has 1 unspecified atom stereocenters. The Hall–Kier alpha value is -2.40. The number of aromatic nitrogens is 1. The highest BCUT2D eigenvalue weighted by Crippen LogP contribution is 2.25. The van der Waals surface area contributed by atoms with E-state index in [9.17, 15) is 9.90 Å². The number of pyridine rings is 1. The third kappa shape index (κ3) is 1.71. The van der Waals surface area contributed by atoms with Crippen LogP contribution in [0.2, 0.25) is 0 Å². The third-order valence-corrected chi connectivity index (χ3v) is 2.40. The van der Waals surface area contributed by atoms with Gasteiger partial charge in [0.05, 0.1) is 29.4 Å². The van der Waals surface area contributed by atoms with Crippen LogP contribution in [0, 0.1) is 22.7 Å². The number of aliphatic carboxylic acids is 1. The summed E-state index contributed by atoms with van der Waals surface area (Å²) in [5.41, 5.74) is -1.48. The van der Waals surface area contributed by atoms with Crippen molar-refractivity contribution in [2.75, 3.05) is 0 Å². The Balaban J connectivity index is 3.40. The molecule has 5 heteroatoms. The van der Waals surface area contributed by atoms with Crippen molar-refractivity contribution >= 4 is 5.97 Å². The van der Waals surface area contributed by atoms with E-state index in [1.165, 1.54) is 18.3 Å². The lowest BCUT2D eigenvalue weighted by molar-refractivity contribution is -0.311. The molecule has 0 amide bonds. The van der Waals surface area contributed by atoms with Crippen LogP contribution in [0.3, 0.4) is 0 Å². The Kier molecular flexibility index (Phi) is 3.22. The average Bonchev–Trinajstić information content (AvgIpc) is 2.31. The summed E-state index contributed by atoms with van der Waals surface area (Å²) in [5, 5.41) is 28.7. The van der Waals surface area contributed by atoms with Crippen LogP contribution in [0.25, 0.3) is 0 Å². The number of nitriles is 2. The van der Waals surface area contributed by atoms with Crippen molar-refractivity contribution in [2.45, 2.75) is 18.8 Å². The number of carboxylic acids is 1. The molecule has 0 bridgehead atoms. The predicted molar refractivity (Wildman–Crippen MR) is 51.5 cm³/mol. The highest BCUT2D eigenvalue weighted by atomic mass is 16.4. The molecule has 5 nitrogen and oxygen atoms in total. The number of carbonyl (C=O) groups excluding carboxylic acids is 1. The van der Waals surface area contributed by atoms with E-state index in [2.05, 4.69) is 4.98 Å². The second kappa shape index (κ2) is 4.41. The van der Waals surface area contributed by atoms with E-state index >= 15 is 0 Å². The van der Waals surface area contributed by atoms with Crippen LogP contribution in [-0.2, 0) is 10.2 Å². The van der Waals surface area contributed by atoms with Gasteiger partial charge < -0.3 is 9.90 Å². The fraction of sp³-hybridized carbons (Fsp3) is 0.273. The van der Waals surface area contributed by atoms with Crippen LogP contribution in [0.4, 0.5) is 0 Å². The quantitative estimate of drug-likeness (QED) is 0.697. The van der Waals surface area contributed by atoms with Gasteiger partial charge in [-0.1, -0.05) is 6.92 Å². The average molecular weight is 214 g/mol. The van der Waals surface area contributed by atoms with Crippen molar-refractivity contribution in [3.63, 3.8) is 0 Å². The zero-order valence-electron chi connectivity index (χ0n) is 8.60. The summed E-state index contributed by atoms with van der Waals surface area (Å²) in [6, 6.07) is 6.30. The first-order chi connectivity index (χ1) is 7.60. The lowest BCUT2D eigenvalue weighted by Crippen LogP contribution is -2.45. The normalized spacial score (nSPS) is 13.2. The van der Waals surface area contributed by atoms with Crippen LogP contribution in [0.5, 0.6) is 0 Å². The van der Waals surface area contributed by atoms with Crippen molar-refractivity contribution < 1.29 is 9.90 Å². The van der Waals surface area contributed by atoms with Gasteiger partial charge in [0.1, 0.15) is 5.41 Å². The fourth-order valence-electron chi connectivity index (χ4n) is 1.35. The molecule has 0 saturated carbocycles.